The predicted molar refractivity (Wildman–Crippen MR) is 83.5 cm³/mol. The third kappa shape index (κ3) is 4.77. The van der Waals surface area contributed by atoms with Crippen LogP contribution in [0.4, 0.5) is 4.39 Å². The summed E-state index contributed by atoms with van der Waals surface area (Å²) in [7, 11) is 0. The van der Waals surface area contributed by atoms with E-state index in [9.17, 15) is 9.50 Å². The lowest BCUT2D eigenvalue weighted by Gasteiger charge is -2.34. The summed E-state index contributed by atoms with van der Waals surface area (Å²) in [6.45, 7) is 1.68. The first kappa shape index (κ1) is 16.4. The Hall–Kier alpha value is -0.970. The van der Waals surface area contributed by atoms with E-state index in [1.807, 2.05) is 6.07 Å². The van der Waals surface area contributed by atoms with Crippen molar-refractivity contribution in [3.63, 3.8) is 0 Å². The van der Waals surface area contributed by atoms with Crippen molar-refractivity contribution in [1.82, 2.24) is 4.90 Å². The van der Waals surface area contributed by atoms with Crippen LogP contribution in [0.5, 0.6) is 0 Å². The van der Waals surface area contributed by atoms with E-state index in [-0.39, 0.29) is 18.5 Å². The summed E-state index contributed by atoms with van der Waals surface area (Å²) in [5.74, 6) is -0.226. The zero-order valence-corrected chi connectivity index (χ0v) is 12.7. The number of hydrogen-bond acceptors (Lipinski definition) is 3. The van der Waals surface area contributed by atoms with Crippen molar-refractivity contribution >= 4 is 0 Å². The van der Waals surface area contributed by atoms with Crippen LogP contribution >= 0.6 is 0 Å². The molecule has 0 aliphatic heterocycles. The fraction of sp³-hybridized carbons (Fsp3) is 0.647. The van der Waals surface area contributed by atoms with Crippen LogP contribution in [0, 0.1) is 5.82 Å². The van der Waals surface area contributed by atoms with Gasteiger partial charge in [-0.25, -0.2) is 4.39 Å². The maximum atomic E-state index is 13.7. The summed E-state index contributed by atoms with van der Waals surface area (Å²) in [6, 6.07) is 7.00. The number of nitrogens with zero attached hydrogens (tertiary/aromatic N) is 1. The summed E-state index contributed by atoms with van der Waals surface area (Å²) in [5.41, 5.74) is 6.73. The third-order valence-electron chi connectivity index (χ3n) is 4.51. The van der Waals surface area contributed by atoms with Gasteiger partial charge in [0, 0.05) is 30.7 Å². The minimum atomic E-state index is -0.281. The molecule has 0 saturated heterocycles. The fourth-order valence-electron chi connectivity index (χ4n) is 3.29. The molecule has 118 valence electrons. The first-order valence-corrected chi connectivity index (χ1v) is 8.07. The molecular formula is C17H27FN2O. The van der Waals surface area contributed by atoms with Crippen LogP contribution in [0.1, 0.15) is 50.1 Å². The van der Waals surface area contributed by atoms with Gasteiger partial charge in [0.25, 0.3) is 0 Å². The van der Waals surface area contributed by atoms with Crippen LogP contribution in [0.3, 0.4) is 0 Å². The summed E-state index contributed by atoms with van der Waals surface area (Å²) in [5, 5.41) is 9.26. The summed E-state index contributed by atoms with van der Waals surface area (Å²) < 4.78 is 13.7. The Labute approximate surface area is 126 Å². The number of rotatable bonds is 7. The van der Waals surface area contributed by atoms with Crippen LogP contribution in [0.25, 0.3) is 0 Å². The quantitative estimate of drug-likeness (QED) is 0.813. The average Bonchev–Trinajstić information content (AvgIpc) is 2.52. The molecule has 1 aliphatic rings. The van der Waals surface area contributed by atoms with Gasteiger partial charge in [0.2, 0.25) is 0 Å². The lowest BCUT2D eigenvalue weighted by atomic mass is 9.93. The Bertz CT molecular complexity index is 421. The molecule has 0 aromatic heterocycles. The maximum absolute atomic E-state index is 13.7. The molecule has 1 aliphatic carbocycles. The molecule has 1 saturated carbocycles. The number of aliphatic hydroxyl groups is 1. The summed E-state index contributed by atoms with van der Waals surface area (Å²) >= 11 is 0. The normalized spacial score (nSPS) is 18.1. The van der Waals surface area contributed by atoms with E-state index in [4.69, 9.17) is 5.73 Å². The molecule has 0 amide bonds. The zero-order valence-electron chi connectivity index (χ0n) is 12.7. The van der Waals surface area contributed by atoms with E-state index < -0.39 is 0 Å². The fourth-order valence-corrected chi connectivity index (χ4v) is 3.29. The number of benzene rings is 1. The van der Waals surface area contributed by atoms with Gasteiger partial charge in [-0.1, -0.05) is 37.5 Å². The Morgan fingerprint density at radius 1 is 1.19 bits per heavy atom. The van der Waals surface area contributed by atoms with Crippen molar-refractivity contribution in [2.75, 3.05) is 19.7 Å². The van der Waals surface area contributed by atoms with Gasteiger partial charge in [-0.15, -0.1) is 0 Å². The van der Waals surface area contributed by atoms with Gasteiger partial charge in [0.1, 0.15) is 5.82 Å². The molecular weight excluding hydrogens is 267 g/mol. The van der Waals surface area contributed by atoms with Crippen LogP contribution in [0.15, 0.2) is 24.3 Å². The topological polar surface area (TPSA) is 49.5 Å². The molecule has 2 rings (SSSR count). The monoisotopic (exact) mass is 294 g/mol. The van der Waals surface area contributed by atoms with E-state index >= 15 is 0 Å². The van der Waals surface area contributed by atoms with Gasteiger partial charge in [0.15, 0.2) is 0 Å². The number of hydrogen-bond donors (Lipinski definition) is 2. The van der Waals surface area contributed by atoms with E-state index in [0.717, 1.165) is 13.0 Å². The van der Waals surface area contributed by atoms with Crippen molar-refractivity contribution in [3.05, 3.63) is 35.6 Å². The van der Waals surface area contributed by atoms with Gasteiger partial charge >= 0.3 is 0 Å². The molecule has 1 aromatic carbocycles. The first-order chi connectivity index (χ1) is 10.2. The van der Waals surface area contributed by atoms with Crippen molar-refractivity contribution in [2.24, 2.45) is 5.73 Å². The Balaban J connectivity index is 1.90. The molecule has 21 heavy (non-hydrogen) atoms. The van der Waals surface area contributed by atoms with Crippen LogP contribution in [0.2, 0.25) is 0 Å². The molecule has 0 heterocycles. The minimum Gasteiger partial charge on any atom is -0.395 e. The van der Waals surface area contributed by atoms with Crippen molar-refractivity contribution in [1.29, 1.82) is 0 Å². The van der Waals surface area contributed by atoms with Crippen LogP contribution in [-0.2, 0) is 0 Å². The van der Waals surface area contributed by atoms with E-state index in [1.54, 1.807) is 12.1 Å². The van der Waals surface area contributed by atoms with E-state index in [2.05, 4.69) is 4.90 Å². The van der Waals surface area contributed by atoms with E-state index in [0.29, 0.717) is 18.2 Å². The number of aliphatic hydroxyl groups excluding tert-OH is 1. The molecule has 1 aromatic rings. The average molecular weight is 294 g/mol. The predicted octanol–water partition coefficient (Wildman–Crippen LogP) is 2.84. The highest BCUT2D eigenvalue weighted by molar-refractivity contribution is 5.20. The molecule has 4 heteroatoms. The molecule has 0 spiro atoms. The molecule has 1 fully saturated rings. The lowest BCUT2D eigenvalue weighted by Crippen LogP contribution is -2.40. The molecule has 0 radical (unpaired) electrons. The summed E-state index contributed by atoms with van der Waals surface area (Å²) in [6.07, 6.45) is 6.98. The first-order valence-electron chi connectivity index (χ1n) is 8.07. The molecule has 3 N–H and O–H groups in total. The molecule has 3 nitrogen and oxygen atoms in total. The van der Waals surface area contributed by atoms with Gasteiger partial charge in [0.05, 0.1) is 6.61 Å². The maximum Gasteiger partial charge on any atom is 0.127 e. The second-order valence-corrected chi connectivity index (χ2v) is 5.97. The van der Waals surface area contributed by atoms with Crippen molar-refractivity contribution < 1.29 is 9.50 Å². The van der Waals surface area contributed by atoms with Gasteiger partial charge in [-0.2, -0.15) is 0 Å². The van der Waals surface area contributed by atoms with Crippen molar-refractivity contribution in [2.45, 2.75) is 50.6 Å². The third-order valence-corrected chi connectivity index (χ3v) is 4.51. The second kappa shape index (κ2) is 8.47. The lowest BCUT2D eigenvalue weighted by molar-refractivity contribution is 0.120. The second-order valence-electron chi connectivity index (χ2n) is 5.97. The molecule has 0 bridgehead atoms. The largest absolute Gasteiger partial charge is 0.395 e. The molecule has 1 unspecified atom stereocenters. The zero-order chi connectivity index (χ0) is 15.1. The van der Waals surface area contributed by atoms with Crippen molar-refractivity contribution in [3.8, 4) is 0 Å². The highest BCUT2D eigenvalue weighted by Crippen LogP contribution is 2.24. The van der Waals surface area contributed by atoms with Gasteiger partial charge in [-0.05, 0) is 25.3 Å². The standard InChI is InChI=1S/C17H27FN2O/c18-16-9-5-4-8-15(16)17(19)10-11-20(12-13-21)14-6-2-1-3-7-14/h4-5,8-9,14,17,21H,1-3,6-7,10-13,19H2. The Morgan fingerprint density at radius 3 is 2.57 bits per heavy atom. The van der Waals surface area contributed by atoms with Crippen LogP contribution < -0.4 is 5.73 Å². The van der Waals surface area contributed by atoms with Gasteiger partial charge < -0.3 is 10.8 Å². The highest BCUT2D eigenvalue weighted by Gasteiger charge is 2.21. The van der Waals surface area contributed by atoms with E-state index in [1.165, 1.54) is 38.2 Å². The smallest absolute Gasteiger partial charge is 0.127 e. The minimum absolute atomic E-state index is 0.172. The number of nitrogens with two attached hydrogens (primary N) is 1. The highest BCUT2D eigenvalue weighted by atomic mass is 19.1. The Kier molecular flexibility index (Phi) is 6.61. The van der Waals surface area contributed by atoms with Gasteiger partial charge in [-0.3, -0.25) is 4.90 Å². The number of halogens is 1. The SMILES string of the molecule is NC(CCN(CCO)C1CCCCC1)c1ccccc1F. The summed E-state index contributed by atoms with van der Waals surface area (Å²) in [4.78, 5) is 2.33. The molecule has 1 atom stereocenters. The Morgan fingerprint density at radius 2 is 1.90 bits per heavy atom. The van der Waals surface area contributed by atoms with Crippen LogP contribution in [-0.4, -0.2) is 35.7 Å².